The van der Waals surface area contributed by atoms with Gasteiger partial charge in [0.15, 0.2) is 0 Å². The zero-order valence-electron chi connectivity index (χ0n) is 19.6. The molecule has 1 aliphatic carbocycles. The van der Waals surface area contributed by atoms with Crippen LogP contribution in [0.1, 0.15) is 30.4 Å². The van der Waals surface area contributed by atoms with Crippen LogP contribution in [0, 0.1) is 5.92 Å². The van der Waals surface area contributed by atoms with Crippen molar-refractivity contribution in [2.24, 2.45) is 5.92 Å². The zero-order chi connectivity index (χ0) is 25.0. The van der Waals surface area contributed by atoms with Gasteiger partial charge in [-0.1, -0.05) is 60.7 Å². The highest BCUT2D eigenvalue weighted by molar-refractivity contribution is 7.86. The SMILES string of the molecule is CN(C)C1CC[C@@](CS(=O)(=O)O)(N(Cc2ccccc2)Cc2ccccc2)[C@H](CS(=O)(=O)O)C1. The average Bonchev–Trinajstić information content (AvgIpc) is 2.74. The van der Waals surface area contributed by atoms with Crippen LogP contribution in [-0.4, -0.2) is 72.9 Å². The Morgan fingerprint density at radius 3 is 1.76 bits per heavy atom. The summed E-state index contributed by atoms with van der Waals surface area (Å²) in [5.41, 5.74) is 0.684. The Morgan fingerprint density at radius 2 is 1.35 bits per heavy atom. The van der Waals surface area contributed by atoms with Crippen molar-refractivity contribution in [1.82, 2.24) is 9.80 Å². The molecule has 0 spiro atoms. The lowest BCUT2D eigenvalue weighted by Gasteiger charge is -2.53. The molecule has 2 aromatic rings. The summed E-state index contributed by atoms with van der Waals surface area (Å²) in [5.74, 6) is -1.90. The number of hydrogen-bond donors (Lipinski definition) is 2. The third-order valence-corrected chi connectivity index (χ3v) is 8.55. The molecular weight excluding hydrogens is 476 g/mol. The van der Waals surface area contributed by atoms with Crippen molar-refractivity contribution in [3.8, 4) is 0 Å². The van der Waals surface area contributed by atoms with Gasteiger partial charge in [-0.3, -0.25) is 14.0 Å². The highest BCUT2D eigenvalue weighted by Gasteiger charge is 2.51. The van der Waals surface area contributed by atoms with Crippen LogP contribution in [0.3, 0.4) is 0 Å². The summed E-state index contributed by atoms with van der Waals surface area (Å²) in [6, 6.07) is 19.1. The monoisotopic (exact) mass is 510 g/mol. The van der Waals surface area contributed by atoms with E-state index in [9.17, 15) is 25.9 Å². The zero-order valence-corrected chi connectivity index (χ0v) is 21.2. The van der Waals surface area contributed by atoms with Gasteiger partial charge in [0.25, 0.3) is 20.2 Å². The van der Waals surface area contributed by atoms with E-state index >= 15 is 0 Å². The molecule has 0 radical (unpaired) electrons. The van der Waals surface area contributed by atoms with E-state index in [2.05, 4.69) is 0 Å². The molecule has 0 aliphatic heterocycles. The molecule has 8 nitrogen and oxygen atoms in total. The topological polar surface area (TPSA) is 115 Å². The maximum atomic E-state index is 12.3. The molecule has 2 aromatic carbocycles. The van der Waals surface area contributed by atoms with Gasteiger partial charge in [0, 0.05) is 24.7 Å². The lowest BCUT2D eigenvalue weighted by atomic mass is 9.71. The van der Waals surface area contributed by atoms with E-state index in [-0.39, 0.29) is 6.04 Å². The number of nitrogens with zero attached hydrogens (tertiary/aromatic N) is 2. The third-order valence-electron chi connectivity index (χ3n) is 6.86. The smallest absolute Gasteiger partial charge is 0.266 e. The normalized spacial score (nSPS) is 23.9. The highest BCUT2D eigenvalue weighted by Crippen LogP contribution is 2.43. The predicted octanol–water partition coefficient (Wildman–Crippen LogP) is 2.93. The quantitative estimate of drug-likeness (QED) is 0.469. The van der Waals surface area contributed by atoms with Gasteiger partial charge >= 0.3 is 0 Å². The van der Waals surface area contributed by atoms with Crippen LogP contribution in [0.25, 0.3) is 0 Å². The molecule has 3 rings (SSSR count). The van der Waals surface area contributed by atoms with E-state index in [1.54, 1.807) is 0 Å². The molecule has 2 N–H and O–H groups in total. The number of benzene rings is 2. The average molecular weight is 511 g/mol. The maximum Gasteiger partial charge on any atom is 0.266 e. The van der Waals surface area contributed by atoms with E-state index in [4.69, 9.17) is 0 Å². The molecule has 34 heavy (non-hydrogen) atoms. The molecule has 0 saturated heterocycles. The van der Waals surface area contributed by atoms with Crippen LogP contribution >= 0.6 is 0 Å². The molecule has 0 aromatic heterocycles. The van der Waals surface area contributed by atoms with Crippen molar-refractivity contribution < 1.29 is 25.9 Å². The van der Waals surface area contributed by atoms with Gasteiger partial charge < -0.3 is 4.90 Å². The Bertz CT molecular complexity index is 1100. The van der Waals surface area contributed by atoms with E-state index < -0.39 is 43.2 Å². The largest absolute Gasteiger partial charge is 0.306 e. The first-order chi connectivity index (χ1) is 15.9. The first-order valence-electron chi connectivity index (χ1n) is 11.3. The first-order valence-corrected chi connectivity index (χ1v) is 14.5. The highest BCUT2D eigenvalue weighted by atomic mass is 32.2. The summed E-state index contributed by atoms with van der Waals surface area (Å²) < 4.78 is 68.7. The second-order valence-corrected chi connectivity index (χ2v) is 12.4. The minimum atomic E-state index is -4.47. The molecular formula is C24H34N2O6S2. The van der Waals surface area contributed by atoms with Crippen LogP contribution in [-0.2, 0) is 33.3 Å². The maximum absolute atomic E-state index is 12.3. The second kappa shape index (κ2) is 10.8. The van der Waals surface area contributed by atoms with Gasteiger partial charge in [-0.25, -0.2) is 0 Å². The van der Waals surface area contributed by atoms with Crippen molar-refractivity contribution in [3.63, 3.8) is 0 Å². The van der Waals surface area contributed by atoms with Gasteiger partial charge in [-0.2, -0.15) is 16.8 Å². The lowest BCUT2D eigenvalue weighted by Crippen LogP contribution is -2.62. The molecule has 0 bridgehead atoms. The molecule has 188 valence electrons. The van der Waals surface area contributed by atoms with Crippen LogP contribution in [0.2, 0.25) is 0 Å². The van der Waals surface area contributed by atoms with E-state index in [0.717, 1.165) is 11.1 Å². The van der Waals surface area contributed by atoms with Gasteiger partial charge in [0.2, 0.25) is 0 Å². The van der Waals surface area contributed by atoms with Crippen LogP contribution in [0.15, 0.2) is 60.7 Å². The fourth-order valence-corrected chi connectivity index (χ4v) is 7.37. The third kappa shape index (κ3) is 7.34. The van der Waals surface area contributed by atoms with Gasteiger partial charge in [0.05, 0.1) is 11.5 Å². The Labute approximate surface area is 203 Å². The predicted molar refractivity (Wildman–Crippen MR) is 133 cm³/mol. The van der Waals surface area contributed by atoms with Crippen molar-refractivity contribution >= 4 is 20.2 Å². The Hall–Kier alpha value is -1.82. The molecule has 1 saturated carbocycles. The van der Waals surface area contributed by atoms with E-state index in [1.165, 1.54) is 0 Å². The van der Waals surface area contributed by atoms with E-state index in [1.807, 2.05) is 84.6 Å². The second-order valence-electron chi connectivity index (χ2n) is 9.49. The molecule has 1 aliphatic rings. The van der Waals surface area contributed by atoms with Crippen molar-refractivity contribution in [2.75, 3.05) is 25.6 Å². The van der Waals surface area contributed by atoms with E-state index in [0.29, 0.717) is 32.4 Å². The van der Waals surface area contributed by atoms with Gasteiger partial charge in [-0.05, 0) is 50.4 Å². The minimum Gasteiger partial charge on any atom is -0.306 e. The van der Waals surface area contributed by atoms with Gasteiger partial charge in [0.1, 0.15) is 0 Å². The molecule has 10 heteroatoms. The van der Waals surface area contributed by atoms with Crippen LogP contribution in [0.4, 0.5) is 0 Å². The minimum absolute atomic E-state index is 0.0246. The standard InChI is InChI=1S/C24H34N2O6S2/c1-25(2)23-13-14-24(19-34(30,31)32,22(15-23)18-33(27,28)29)26(16-20-9-5-3-6-10-20)17-21-11-7-4-8-12-21/h3-12,22-23H,13-19H2,1-2H3,(H,27,28,29)(H,30,31,32)/t22-,23?,24-/m0/s1. The Morgan fingerprint density at radius 1 is 0.853 bits per heavy atom. The summed E-state index contributed by atoms with van der Waals surface area (Å²) in [5, 5.41) is 0. The summed E-state index contributed by atoms with van der Waals surface area (Å²) in [4.78, 5) is 3.97. The summed E-state index contributed by atoms with van der Waals surface area (Å²) in [6.45, 7) is 0.722. The van der Waals surface area contributed by atoms with Crippen molar-refractivity contribution in [2.45, 2.75) is 43.9 Å². The fourth-order valence-electron chi connectivity index (χ4n) is 5.22. The van der Waals surface area contributed by atoms with Crippen molar-refractivity contribution in [1.29, 1.82) is 0 Å². The first kappa shape index (κ1) is 26.8. The number of rotatable bonds is 10. The lowest BCUT2D eigenvalue weighted by molar-refractivity contribution is -0.0108. The fraction of sp³-hybridized carbons (Fsp3) is 0.500. The molecule has 0 amide bonds. The van der Waals surface area contributed by atoms with Crippen LogP contribution in [0.5, 0.6) is 0 Å². The summed E-state index contributed by atoms with van der Waals surface area (Å²) >= 11 is 0. The van der Waals surface area contributed by atoms with Crippen LogP contribution < -0.4 is 0 Å². The summed E-state index contributed by atoms with van der Waals surface area (Å²) in [7, 11) is -5.07. The summed E-state index contributed by atoms with van der Waals surface area (Å²) in [6.07, 6.45) is 1.36. The Kier molecular flexibility index (Phi) is 8.54. The molecule has 3 atom stereocenters. The Balaban J connectivity index is 2.14. The molecule has 1 fully saturated rings. The van der Waals surface area contributed by atoms with Crippen molar-refractivity contribution in [3.05, 3.63) is 71.8 Å². The molecule has 1 unspecified atom stereocenters. The number of hydrogen-bond acceptors (Lipinski definition) is 6. The molecule has 0 heterocycles. The van der Waals surface area contributed by atoms with Gasteiger partial charge in [-0.15, -0.1) is 0 Å².